The molecule has 18 unspecified atom stereocenters. The van der Waals surface area contributed by atoms with Gasteiger partial charge in [0, 0.05) is 25.7 Å². The second-order valence-corrected chi connectivity index (χ2v) is 35.3. The smallest absolute Gasteiger partial charge is 0.463 e. The number of carbonyl (C=O) groups excluding carboxylic acids is 4. The van der Waals surface area contributed by atoms with Crippen LogP contribution in [0.5, 0.6) is 0 Å². The molecule has 2 heterocycles. The summed E-state index contributed by atoms with van der Waals surface area (Å²) in [5.41, 5.74) is 0. The van der Waals surface area contributed by atoms with Gasteiger partial charge in [-0.15, -0.1) is 0 Å². The maximum atomic E-state index is 14.9. The predicted molar refractivity (Wildman–Crippen MR) is 458 cm³/mol. The molecule has 2 aliphatic heterocycles. The Morgan fingerprint density at radius 1 is 0.331 bits per heavy atom. The Hall–Kier alpha value is -3.05. The van der Waals surface area contributed by atoms with Crippen LogP contribution in [0.2, 0.25) is 0 Å². The summed E-state index contributed by atoms with van der Waals surface area (Å²) in [6.07, 6.45) is 31.6. The van der Waals surface area contributed by atoms with E-state index in [0.29, 0.717) is 38.5 Å². The summed E-state index contributed by atoms with van der Waals surface area (Å²) >= 11 is 0. The van der Waals surface area contributed by atoms with Crippen LogP contribution in [0.4, 0.5) is 0 Å². The minimum absolute atomic E-state index is 0.00985. The Balaban J connectivity index is 1.91. The summed E-state index contributed by atoms with van der Waals surface area (Å²) in [5, 5.41) is 102. The fourth-order valence-corrected chi connectivity index (χ4v) is 16.6. The third kappa shape index (κ3) is 50.8. The van der Waals surface area contributed by atoms with Gasteiger partial charge in [-0.2, -0.15) is 0 Å². The van der Waals surface area contributed by atoms with Crippen molar-refractivity contribution in [1.82, 2.24) is 0 Å². The van der Waals surface area contributed by atoms with E-state index in [1.807, 2.05) is 0 Å². The fourth-order valence-electron chi connectivity index (χ4n) is 15.6. The Morgan fingerprint density at radius 3 is 1.02 bits per heavy atom. The average molecular weight is 1710 g/mol. The summed E-state index contributed by atoms with van der Waals surface area (Å²) < 4.78 is 73.4. The number of carbonyl (C=O) groups is 4. The quantitative estimate of drug-likeness (QED) is 0.00889. The third-order valence-corrected chi connectivity index (χ3v) is 24.2. The molecule has 0 bridgehead atoms. The maximum Gasteiger partial charge on any atom is 0.472 e. The molecule has 0 aromatic carbocycles. The number of unbranched alkanes of at least 4 members (excludes halogenated alkanes) is 49. The lowest BCUT2D eigenvalue weighted by Crippen LogP contribution is -2.70. The zero-order valence-electron chi connectivity index (χ0n) is 73.7. The van der Waals surface area contributed by atoms with Crippen LogP contribution in [0.1, 0.15) is 407 Å². The Bertz CT molecular complexity index is 2550. The Morgan fingerprint density at radius 2 is 0.636 bits per heavy atom. The molecule has 25 nitrogen and oxygen atoms in total. The topological polar surface area (TPSA) is 380 Å². The molecule has 10 N–H and O–H groups in total. The van der Waals surface area contributed by atoms with Gasteiger partial charge in [-0.3, -0.25) is 28.2 Å². The van der Waals surface area contributed by atoms with Crippen molar-refractivity contribution in [2.24, 2.45) is 0 Å². The minimum atomic E-state index is -5.81. The second-order valence-electron chi connectivity index (χ2n) is 33.9. The van der Waals surface area contributed by atoms with Crippen LogP contribution in [0, 0.1) is 0 Å². The van der Waals surface area contributed by atoms with Crippen molar-refractivity contribution in [3.63, 3.8) is 0 Å². The number of hydrogen-bond acceptors (Lipinski definition) is 24. The molecular weight excluding hydrogens is 1540 g/mol. The first kappa shape index (κ1) is 109. The molecule has 0 amide bonds. The fraction of sp³-hybridized carbons (Fsp3) is 0.913. The maximum absolute atomic E-state index is 14.9. The third-order valence-electron chi connectivity index (χ3n) is 23.2. The molecule has 0 aromatic heterocycles. The van der Waals surface area contributed by atoms with Crippen LogP contribution >= 0.6 is 7.82 Å². The normalized spacial score (nSPS) is 25.0. The lowest BCUT2D eigenvalue weighted by molar-refractivity contribution is -0.360. The van der Waals surface area contributed by atoms with Crippen LogP contribution in [0.3, 0.4) is 0 Å². The van der Waals surface area contributed by atoms with Crippen LogP contribution in [0.25, 0.3) is 0 Å². The number of phosphoric ester groups is 1. The molecular formula is C92H169O25P. The molecule has 0 spiro atoms. The standard InChI is InChI=1S/C92H169O25P/c1-5-9-13-17-21-25-29-33-36-39-42-44-48-52-56-60-64-75(94)108-69-72(111-77(96)66-62-58-54-50-47-43-38-35-31-27-23-19-15-11-7-3)70-110-118(106,107)117-90-88(115-91-85(104)81(100)79(98)73(68-93)112-91)84(103)83(102)87(114-78(97)67-63-59-55-51-46-40-32-28-24-20-16-12-8-4)89(90)116-92-86(105)82(101)80(99)74(113-92)71-109-76(95)65-61-57-53-49-45-41-37-34-30-26-22-18-14-10-6-2/h26-27,30-31,72-74,79-93,98-105H,5-25,28-29,32-71H2,1-4H3,(H,106,107)/b30-26-,31-27-. The summed E-state index contributed by atoms with van der Waals surface area (Å²) in [4.78, 5) is 66.5. The lowest BCUT2D eigenvalue weighted by Gasteiger charge is -2.50. The highest BCUT2D eigenvalue weighted by Crippen LogP contribution is 2.49. The monoisotopic (exact) mass is 1710 g/mol. The van der Waals surface area contributed by atoms with E-state index in [2.05, 4.69) is 52.0 Å². The summed E-state index contributed by atoms with van der Waals surface area (Å²) in [6.45, 7) is 5.58. The van der Waals surface area contributed by atoms with Crippen LogP contribution in [0.15, 0.2) is 24.3 Å². The minimum Gasteiger partial charge on any atom is -0.463 e. The van der Waals surface area contributed by atoms with E-state index in [-0.39, 0.29) is 25.7 Å². The molecule has 0 radical (unpaired) electrons. The van der Waals surface area contributed by atoms with Crippen molar-refractivity contribution in [2.75, 3.05) is 26.4 Å². The van der Waals surface area contributed by atoms with Crippen molar-refractivity contribution in [1.29, 1.82) is 0 Å². The van der Waals surface area contributed by atoms with Crippen molar-refractivity contribution in [3.05, 3.63) is 24.3 Å². The van der Waals surface area contributed by atoms with E-state index < -0.39 is 162 Å². The molecule has 1 aliphatic carbocycles. The summed E-state index contributed by atoms with van der Waals surface area (Å²) in [5.74, 6) is -2.96. The summed E-state index contributed by atoms with van der Waals surface area (Å²) in [7, 11) is -5.81. The SMILES string of the molecule is CCCCCC/C=C\CCCCCCCCCC(=O)OCC1OC(OC2C(OC(=O)CCCCCCCCCCCCCCC)C(O)C(O)C(OC3OC(CO)C(O)C(O)C3O)C2OP(=O)(O)OCC(COC(=O)CCCCCCCCCCCCCCCCCC)OC(=O)CCCCCCCCC/C=C\CCCCCC)C(O)C(O)C1O. The molecule has 692 valence electrons. The van der Waals surface area contributed by atoms with E-state index >= 15 is 0 Å². The van der Waals surface area contributed by atoms with Crippen molar-refractivity contribution >= 4 is 31.7 Å². The first-order valence-electron chi connectivity index (χ1n) is 47.6. The Kier molecular flexibility index (Phi) is 65.8. The molecule has 118 heavy (non-hydrogen) atoms. The van der Waals surface area contributed by atoms with E-state index in [9.17, 15) is 74.6 Å². The number of ether oxygens (including phenoxy) is 8. The van der Waals surface area contributed by atoms with Gasteiger partial charge in [0.2, 0.25) is 0 Å². The van der Waals surface area contributed by atoms with Crippen LogP contribution in [-0.2, 0) is 70.7 Å². The van der Waals surface area contributed by atoms with Gasteiger partial charge in [0.15, 0.2) is 24.8 Å². The predicted octanol–water partition coefficient (Wildman–Crippen LogP) is 17.7. The molecule has 26 heteroatoms. The van der Waals surface area contributed by atoms with Gasteiger partial charge in [0.1, 0.15) is 92.6 Å². The van der Waals surface area contributed by atoms with Crippen molar-refractivity contribution < 1.29 is 122 Å². The van der Waals surface area contributed by atoms with E-state index in [1.54, 1.807) is 0 Å². The van der Waals surface area contributed by atoms with Gasteiger partial charge in [0.25, 0.3) is 0 Å². The molecule has 1 saturated carbocycles. The van der Waals surface area contributed by atoms with Crippen molar-refractivity contribution in [2.45, 2.75) is 511 Å². The zero-order valence-corrected chi connectivity index (χ0v) is 74.6. The van der Waals surface area contributed by atoms with E-state index in [4.69, 9.17) is 46.9 Å². The van der Waals surface area contributed by atoms with Gasteiger partial charge in [0.05, 0.1) is 13.2 Å². The van der Waals surface area contributed by atoms with Crippen LogP contribution < -0.4 is 0 Å². The highest BCUT2D eigenvalue weighted by atomic mass is 31.2. The van der Waals surface area contributed by atoms with Gasteiger partial charge in [-0.25, -0.2) is 4.57 Å². The molecule has 3 fully saturated rings. The number of rotatable bonds is 77. The zero-order chi connectivity index (χ0) is 86.1. The highest BCUT2D eigenvalue weighted by molar-refractivity contribution is 7.47. The van der Waals surface area contributed by atoms with Gasteiger partial charge >= 0.3 is 31.7 Å². The van der Waals surface area contributed by atoms with E-state index in [1.165, 1.54) is 154 Å². The lowest BCUT2D eigenvalue weighted by atomic mass is 9.84. The number of phosphoric acid groups is 1. The number of aliphatic hydroxyl groups excluding tert-OH is 9. The summed E-state index contributed by atoms with van der Waals surface area (Å²) in [6, 6.07) is 0. The average Bonchev–Trinajstić information content (AvgIpc) is 0.723. The molecule has 3 aliphatic rings. The van der Waals surface area contributed by atoms with Gasteiger partial charge in [-0.05, 0) is 77.0 Å². The molecule has 2 saturated heterocycles. The van der Waals surface area contributed by atoms with Crippen LogP contribution in [-0.4, -0.2) is 205 Å². The van der Waals surface area contributed by atoms with Crippen molar-refractivity contribution in [3.8, 4) is 0 Å². The largest absolute Gasteiger partial charge is 0.472 e. The first-order valence-corrected chi connectivity index (χ1v) is 49.1. The molecule has 3 rings (SSSR count). The number of allylic oxidation sites excluding steroid dienone is 4. The number of hydrogen-bond donors (Lipinski definition) is 10. The van der Waals surface area contributed by atoms with E-state index in [0.717, 1.165) is 161 Å². The molecule has 0 aromatic rings. The van der Waals surface area contributed by atoms with Gasteiger partial charge < -0.3 is 88.7 Å². The highest BCUT2D eigenvalue weighted by Gasteiger charge is 2.60. The first-order chi connectivity index (χ1) is 57.2. The van der Waals surface area contributed by atoms with Gasteiger partial charge in [-0.1, -0.05) is 328 Å². The molecule has 18 atom stereocenters. The Labute approximate surface area is 711 Å². The second kappa shape index (κ2) is 71.1. The number of aliphatic hydroxyl groups is 9. The number of esters is 4.